The number of unbranched alkanes of at least 4 members (excludes halogenated alkanes) is 1. The molecule has 1 atom stereocenters. The van der Waals surface area contributed by atoms with Gasteiger partial charge in [-0.05, 0) is 74.6 Å². The van der Waals surface area contributed by atoms with E-state index in [4.69, 9.17) is 14.2 Å². The van der Waals surface area contributed by atoms with Crippen LogP contribution in [0, 0.1) is 6.92 Å². The number of nitrogens with zero attached hydrogens (tertiary/aromatic N) is 4. The molecular formula is C33H34N4O6. The molecule has 0 aliphatic carbocycles. The third-order valence-electron chi connectivity index (χ3n) is 7.91. The summed E-state index contributed by atoms with van der Waals surface area (Å²) in [5.41, 5.74) is 3.01. The molecule has 0 saturated carbocycles. The Bertz CT molecular complexity index is 1750. The van der Waals surface area contributed by atoms with Gasteiger partial charge in [-0.3, -0.25) is 19.1 Å². The molecule has 1 amide bonds. The van der Waals surface area contributed by atoms with Crippen LogP contribution in [0.1, 0.15) is 47.4 Å². The molecule has 6 rings (SSSR count). The van der Waals surface area contributed by atoms with E-state index < -0.39 is 0 Å². The fourth-order valence-corrected chi connectivity index (χ4v) is 5.62. The number of rotatable bonds is 10. The largest absolute Gasteiger partial charge is 0.494 e. The molecule has 4 aromatic rings. The summed E-state index contributed by atoms with van der Waals surface area (Å²) >= 11 is 0. The number of hydrogen-bond acceptors (Lipinski definition) is 8. The maximum atomic E-state index is 13.4. The smallest absolute Gasteiger partial charge is 0.266 e. The van der Waals surface area contributed by atoms with Gasteiger partial charge in [0.25, 0.3) is 11.5 Å². The van der Waals surface area contributed by atoms with Crippen molar-refractivity contribution >= 4 is 28.7 Å². The Morgan fingerprint density at radius 2 is 1.77 bits per heavy atom. The highest BCUT2D eigenvalue weighted by molar-refractivity contribution is 6.03. The minimum Gasteiger partial charge on any atom is -0.494 e. The molecule has 1 saturated heterocycles. The number of amides is 1. The van der Waals surface area contributed by atoms with Crippen LogP contribution in [0.15, 0.2) is 64.4 Å². The highest BCUT2D eigenvalue weighted by Gasteiger charge is 2.32. The van der Waals surface area contributed by atoms with Crippen LogP contribution < -0.4 is 19.8 Å². The van der Waals surface area contributed by atoms with Gasteiger partial charge in [-0.1, -0.05) is 12.1 Å². The Hall–Kier alpha value is -4.70. The standard InChI is InChI=1S/C33H34N4O6/c1-21-35-28-12-11-25(16-26(28)33(40)37(21)23-9-7-22(20-38)8-10-23)42-14-3-4-15-43-31-18-29-27(17-30(31)41-2)32(39)36-13-5-6-24(36)19-34-29/h7-12,16-19,24,38H,3-6,13-15,20H2,1-2H3/t24-/m0/s1. The van der Waals surface area contributed by atoms with Crippen LogP contribution in [0.4, 0.5) is 5.69 Å². The van der Waals surface area contributed by atoms with Gasteiger partial charge in [-0.2, -0.15) is 0 Å². The number of benzene rings is 3. The summed E-state index contributed by atoms with van der Waals surface area (Å²) in [7, 11) is 1.56. The zero-order valence-electron chi connectivity index (χ0n) is 24.3. The van der Waals surface area contributed by atoms with E-state index in [1.54, 1.807) is 67.1 Å². The molecule has 1 aromatic heterocycles. The molecule has 3 aromatic carbocycles. The van der Waals surface area contributed by atoms with Crippen molar-refractivity contribution in [3.63, 3.8) is 0 Å². The van der Waals surface area contributed by atoms with E-state index in [1.165, 1.54) is 0 Å². The Labute approximate surface area is 249 Å². The molecule has 43 heavy (non-hydrogen) atoms. The monoisotopic (exact) mass is 582 g/mol. The van der Waals surface area contributed by atoms with Gasteiger partial charge >= 0.3 is 0 Å². The first-order valence-corrected chi connectivity index (χ1v) is 14.5. The highest BCUT2D eigenvalue weighted by Crippen LogP contribution is 2.38. The molecule has 0 radical (unpaired) electrons. The van der Waals surface area contributed by atoms with Crippen molar-refractivity contribution < 1.29 is 24.1 Å². The number of carbonyl (C=O) groups is 1. The maximum absolute atomic E-state index is 13.4. The molecule has 3 heterocycles. The number of fused-ring (bicyclic) bond motifs is 3. The predicted octanol–water partition coefficient (Wildman–Crippen LogP) is 4.75. The van der Waals surface area contributed by atoms with Gasteiger partial charge in [0.2, 0.25) is 0 Å². The molecule has 2 aliphatic heterocycles. The average Bonchev–Trinajstić information content (AvgIpc) is 3.46. The van der Waals surface area contributed by atoms with Gasteiger partial charge in [-0.25, -0.2) is 4.98 Å². The van der Waals surface area contributed by atoms with Crippen LogP contribution in [0.3, 0.4) is 0 Å². The van der Waals surface area contributed by atoms with E-state index >= 15 is 0 Å². The van der Waals surface area contributed by atoms with Crippen LogP contribution in [0.5, 0.6) is 17.2 Å². The summed E-state index contributed by atoms with van der Waals surface area (Å²) in [5.74, 6) is 2.20. The molecule has 1 N–H and O–H groups in total. The molecule has 222 valence electrons. The third kappa shape index (κ3) is 5.70. The SMILES string of the molecule is COc1cc2c(cc1OCCCCOc1ccc3nc(C)n(-c4ccc(CO)cc4)c(=O)c3c1)N=C[C@@H]1CCCN1C2=O. The number of hydrogen-bond donors (Lipinski definition) is 1. The van der Waals surface area contributed by atoms with Crippen molar-refractivity contribution in [1.29, 1.82) is 0 Å². The van der Waals surface area contributed by atoms with Crippen LogP contribution in [-0.4, -0.2) is 64.6 Å². The summed E-state index contributed by atoms with van der Waals surface area (Å²) in [4.78, 5) is 37.5. The second kappa shape index (κ2) is 12.3. The molecule has 10 heteroatoms. The average molecular weight is 583 g/mol. The number of aliphatic hydroxyl groups excluding tert-OH is 1. The highest BCUT2D eigenvalue weighted by atomic mass is 16.5. The second-order valence-corrected chi connectivity index (χ2v) is 10.7. The van der Waals surface area contributed by atoms with Gasteiger partial charge in [-0.15, -0.1) is 0 Å². The number of aliphatic imine (C=N–C) groups is 1. The molecule has 0 spiro atoms. The minimum atomic E-state index is -0.181. The number of carbonyl (C=O) groups excluding carboxylic acids is 1. The third-order valence-corrected chi connectivity index (χ3v) is 7.91. The van der Waals surface area contributed by atoms with E-state index in [1.807, 2.05) is 17.2 Å². The van der Waals surface area contributed by atoms with Crippen molar-refractivity contribution in [1.82, 2.24) is 14.5 Å². The number of aryl methyl sites for hydroxylation is 1. The van der Waals surface area contributed by atoms with E-state index in [2.05, 4.69) is 9.98 Å². The zero-order valence-corrected chi connectivity index (χ0v) is 24.3. The zero-order chi connectivity index (χ0) is 29.9. The molecule has 0 bridgehead atoms. The quantitative estimate of drug-likeness (QED) is 0.268. The maximum Gasteiger partial charge on any atom is 0.266 e. The lowest BCUT2D eigenvalue weighted by molar-refractivity contribution is 0.0774. The first kappa shape index (κ1) is 28.4. The number of methoxy groups -OCH3 is 1. The molecule has 1 fully saturated rings. The molecule has 2 aliphatic rings. The van der Waals surface area contributed by atoms with Gasteiger partial charge < -0.3 is 24.2 Å². The normalized spacial score (nSPS) is 15.7. The Morgan fingerprint density at radius 1 is 0.977 bits per heavy atom. The fraction of sp³-hybridized carbons (Fsp3) is 0.333. The van der Waals surface area contributed by atoms with Crippen molar-refractivity contribution in [3.05, 3.63) is 81.9 Å². The first-order chi connectivity index (χ1) is 21.0. The lowest BCUT2D eigenvalue weighted by Crippen LogP contribution is -2.35. The number of ether oxygens (including phenoxy) is 3. The Morgan fingerprint density at radius 3 is 2.53 bits per heavy atom. The molecule has 0 unspecified atom stereocenters. The minimum absolute atomic E-state index is 0.0211. The lowest BCUT2D eigenvalue weighted by Gasteiger charge is -2.20. The number of aliphatic hydroxyl groups is 1. The van der Waals surface area contributed by atoms with E-state index in [0.29, 0.717) is 64.1 Å². The van der Waals surface area contributed by atoms with Crippen LogP contribution in [0.25, 0.3) is 16.6 Å². The lowest BCUT2D eigenvalue weighted by atomic mass is 10.1. The van der Waals surface area contributed by atoms with Crippen molar-refractivity contribution in [2.75, 3.05) is 26.9 Å². The van der Waals surface area contributed by atoms with Crippen LogP contribution >= 0.6 is 0 Å². The van der Waals surface area contributed by atoms with Crippen molar-refractivity contribution in [2.45, 2.75) is 45.3 Å². The van der Waals surface area contributed by atoms with Gasteiger partial charge in [0, 0.05) is 18.8 Å². The summed E-state index contributed by atoms with van der Waals surface area (Å²) in [6.07, 6.45) is 5.23. The topological polar surface area (TPSA) is 115 Å². The van der Waals surface area contributed by atoms with E-state index in [9.17, 15) is 14.7 Å². The first-order valence-electron chi connectivity index (χ1n) is 14.5. The van der Waals surface area contributed by atoms with Gasteiger partial charge in [0.05, 0.1) is 60.8 Å². The van der Waals surface area contributed by atoms with E-state index in [-0.39, 0.29) is 24.1 Å². The summed E-state index contributed by atoms with van der Waals surface area (Å²) in [6.45, 7) is 3.36. The van der Waals surface area contributed by atoms with Gasteiger partial charge in [0.1, 0.15) is 11.6 Å². The van der Waals surface area contributed by atoms with Gasteiger partial charge in [0.15, 0.2) is 11.5 Å². The van der Waals surface area contributed by atoms with E-state index in [0.717, 1.165) is 37.8 Å². The predicted molar refractivity (Wildman–Crippen MR) is 163 cm³/mol. The Kier molecular flexibility index (Phi) is 8.11. The fourth-order valence-electron chi connectivity index (χ4n) is 5.62. The second-order valence-electron chi connectivity index (χ2n) is 10.7. The summed E-state index contributed by atoms with van der Waals surface area (Å²) in [6, 6.07) is 16.1. The van der Waals surface area contributed by atoms with Crippen LogP contribution in [0.2, 0.25) is 0 Å². The van der Waals surface area contributed by atoms with Crippen LogP contribution in [-0.2, 0) is 6.61 Å². The van der Waals surface area contributed by atoms with Crippen molar-refractivity contribution in [2.24, 2.45) is 4.99 Å². The number of aromatic nitrogens is 2. The van der Waals surface area contributed by atoms with Crippen molar-refractivity contribution in [3.8, 4) is 22.9 Å². The Balaban J connectivity index is 1.07. The summed E-state index contributed by atoms with van der Waals surface area (Å²) < 4.78 is 19.1. The molecule has 10 nitrogen and oxygen atoms in total. The summed E-state index contributed by atoms with van der Waals surface area (Å²) in [5, 5.41) is 9.80. The molecular weight excluding hydrogens is 548 g/mol.